The maximum atomic E-state index is 12.8. The van der Waals surface area contributed by atoms with Gasteiger partial charge in [0.2, 0.25) is 11.5 Å². The molecule has 0 amide bonds. The molecule has 0 unspecified atom stereocenters. The van der Waals surface area contributed by atoms with Crippen molar-refractivity contribution in [3.05, 3.63) is 120 Å². The van der Waals surface area contributed by atoms with E-state index < -0.39 is 57.9 Å². The summed E-state index contributed by atoms with van der Waals surface area (Å²) in [6, 6.07) is 11.4. The molecular formula is C41H45ClF7N10NaO8S2. The van der Waals surface area contributed by atoms with Gasteiger partial charge in [0.05, 0.1) is 27.2 Å². The first kappa shape index (κ1) is 56.2. The number of hydrogen-bond donors (Lipinski definition) is 1. The quantitative estimate of drug-likeness (QED) is 0.0775. The fourth-order valence-corrected chi connectivity index (χ4v) is 8.26. The summed E-state index contributed by atoms with van der Waals surface area (Å²) in [6.07, 6.45) is -5.39. The van der Waals surface area contributed by atoms with Gasteiger partial charge in [0.15, 0.2) is 11.5 Å². The summed E-state index contributed by atoms with van der Waals surface area (Å²) >= 11 is 5.94. The second-order valence-corrected chi connectivity index (χ2v) is 16.8. The Bertz CT molecular complexity index is 2800. The van der Waals surface area contributed by atoms with Crippen LogP contribution in [0.2, 0.25) is 5.28 Å². The summed E-state index contributed by atoms with van der Waals surface area (Å²) in [4.78, 5) is 41.2. The van der Waals surface area contributed by atoms with Gasteiger partial charge in [-0.1, -0.05) is 12.1 Å². The van der Waals surface area contributed by atoms with Gasteiger partial charge in [-0.05, 0) is 87.8 Å². The molecule has 9 rings (SSSR count). The molecule has 3 aliphatic rings. The first-order valence-corrected chi connectivity index (χ1v) is 20.4. The van der Waals surface area contributed by atoms with Crippen LogP contribution in [0.25, 0.3) is 22.9 Å². The van der Waals surface area contributed by atoms with Crippen molar-refractivity contribution in [3.63, 3.8) is 0 Å². The van der Waals surface area contributed by atoms with E-state index >= 15 is 0 Å². The fraction of sp³-hybridized carbons (Fsp3) is 0.415. The normalized spacial score (nSPS) is 17.4. The van der Waals surface area contributed by atoms with E-state index in [1.807, 2.05) is 17.9 Å². The molecule has 0 bridgehead atoms. The largest absolute Gasteiger partial charge is 1.00 e. The minimum absolute atomic E-state index is 0. The van der Waals surface area contributed by atoms with Crippen molar-refractivity contribution in [3.8, 4) is 28.9 Å². The van der Waals surface area contributed by atoms with Crippen LogP contribution in [0, 0.1) is 20.2 Å². The Morgan fingerprint density at radius 2 is 1.29 bits per heavy atom. The number of hydrogen-bond acceptors (Lipinski definition) is 14. The van der Waals surface area contributed by atoms with Crippen LogP contribution in [-0.4, -0.2) is 98.4 Å². The van der Waals surface area contributed by atoms with Gasteiger partial charge in [-0.15, -0.1) is 0 Å². The van der Waals surface area contributed by atoms with Crippen LogP contribution >= 0.6 is 38.6 Å². The van der Waals surface area contributed by atoms with E-state index in [1.165, 1.54) is 29.1 Å². The molecule has 3 aliphatic heterocycles. The molecule has 2 atom stereocenters. The number of ether oxygens (including phenoxy) is 1. The zero-order valence-corrected chi connectivity index (χ0v) is 42.1. The Balaban J connectivity index is 0.000000343. The Kier molecular flexibility index (Phi) is 18.3. The topological polar surface area (TPSA) is 210 Å². The summed E-state index contributed by atoms with van der Waals surface area (Å²) in [6.45, 7) is 7.15. The van der Waals surface area contributed by atoms with E-state index in [9.17, 15) is 56.1 Å². The molecule has 6 aromatic heterocycles. The average Bonchev–Trinajstić information content (AvgIpc) is 4.10. The van der Waals surface area contributed by atoms with Gasteiger partial charge >= 0.3 is 64.8 Å². The summed E-state index contributed by atoms with van der Waals surface area (Å²) in [7, 11) is -1.00. The first-order valence-electron chi connectivity index (χ1n) is 20.8. The molecule has 9 heterocycles. The van der Waals surface area contributed by atoms with Gasteiger partial charge in [0.25, 0.3) is 0 Å². The van der Waals surface area contributed by atoms with Crippen molar-refractivity contribution in [1.82, 2.24) is 38.9 Å². The van der Waals surface area contributed by atoms with Crippen LogP contribution in [0.4, 0.5) is 42.4 Å². The second-order valence-electron chi connectivity index (χ2n) is 16.4. The predicted octanol–water partition coefficient (Wildman–Crippen LogP) is 5.53. The van der Waals surface area contributed by atoms with Crippen molar-refractivity contribution >= 4 is 50.2 Å². The van der Waals surface area contributed by atoms with Crippen molar-refractivity contribution < 1.29 is 91.6 Å². The Hall–Kier alpha value is -4.74. The number of nitrogens with zero attached hydrogens (tertiary/aromatic N) is 10. The zero-order valence-electron chi connectivity index (χ0n) is 39.4. The Morgan fingerprint density at radius 3 is 1.74 bits per heavy atom. The molecule has 0 aliphatic carbocycles. The molecular weight excluding hydrogens is 1020 g/mol. The van der Waals surface area contributed by atoms with Crippen LogP contribution in [0.15, 0.2) is 69.8 Å². The van der Waals surface area contributed by atoms with Gasteiger partial charge in [0, 0.05) is 68.5 Å². The number of aromatic nitrogens is 6. The first-order chi connectivity index (χ1) is 31.9. The Labute approximate surface area is 437 Å². The SMILES string of the molecule is C[C@](O)(CN1CCc2nc(-c3ccc(C(F)(F)F)o3)ccc2C1)Cn1cc([N+](=O)[O-])nc1Cl.C[C@]1(CN2CCc3nc(-c4ccc(C(F)(F)F)o4)ccc3C2)Cn2cc([N+](=O)[O-])nc2O1.S.S.[2H]CF.[H-].[Na+]. The van der Waals surface area contributed by atoms with Gasteiger partial charge in [0.1, 0.15) is 29.4 Å². The third-order valence-electron chi connectivity index (χ3n) is 10.8. The van der Waals surface area contributed by atoms with Gasteiger partial charge in [-0.25, -0.2) is 9.97 Å². The number of nitro groups is 2. The molecule has 29 heteroatoms. The molecule has 376 valence electrons. The van der Waals surface area contributed by atoms with Gasteiger partial charge in [-0.3, -0.25) is 23.3 Å². The van der Waals surface area contributed by atoms with E-state index in [-0.39, 0.29) is 99.7 Å². The number of β-amino-alcohol motifs (C(OH)–C–C–N with tert-alkyl or cyclic N) is 1. The summed E-state index contributed by atoms with van der Waals surface area (Å²) < 4.78 is 111. The van der Waals surface area contributed by atoms with Crippen LogP contribution < -0.4 is 34.3 Å². The molecule has 6 aromatic rings. The summed E-state index contributed by atoms with van der Waals surface area (Å²) in [5, 5.41) is 32.5. The standard InChI is InChI=1S/C20H19ClF3N5O4.C20H18F3N5O4.CH3F.Na.2H2S.H/c1-19(30,11-28-9-17(29(31)32)26-18(28)21)10-27-7-6-13-12(8-27)2-3-14(25-13)15-4-5-16(33-15)20(22,23)24;1-19(11-27-9-17(28(29)30)25-18(27)32-19)10-26-7-6-13-12(8-26)2-3-14(24-13)15-4-5-16(31-15)20(21,22)23;1-2;;;;/h2-5,9,30H,6-8,10-11H2,1H3;2-5,9H,6-8,10-11H2,1H3;1H3;;2*1H2;/q;;;+1;;;-1/t2*19-;;;;;/m00...../s1/i;;1D;;;;. The number of furan rings is 2. The Morgan fingerprint density at radius 1 is 0.800 bits per heavy atom. The van der Waals surface area contributed by atoms with Crippen molar-refractivity contribution in [2.24, 2.45) is 0 Å². The monoisotopic (exact) mass is 1060 g/mol. The van der Waals surface area contributed by atoms with E-state index in [4.69, 9.17) is 26.5 Å². The van der Waals surface area contributed by atoms with Crippen molar-refractivity contribution in [2.45, 2.75) is 76.4 Å². The molecule has 1 N–H and O–H groups in total. The van der Waals surface area contributed by atoms with Gasteiger partial charge in [-0.2, -0.15) is 53.3 Å². The molecule has 0 fully saturated rings. The second kappa shape index (κ2) is 22.8. The number of pyridine rings is 2. The van der Waals surface area contributed by atoms with Gasteiger partial charge < -0.3 is 40.3 Å². The smallest absolute Gasteiger partial charge is 1.00 e. The van der Waals surface area contributed by atoms with E-state index in [0.29, 0.717) is 63.5 Å². The molecule has 0 radical (unpaired) electrons. The minimum Gasteiger partial charge on any atom is -1.00 e. The van der Waals surface area contributed by atoms with E-state index in [0.717, 1.165) is 34.6 Å². The molecule has 0 aromatic carbocycles. The van der Waals surface area contributed by atoms with Crippen LogP contribution in [0.1, 0.15) is 50.7 Å². The third kappa shape index (κ3) is 13.6. The third-order valence-corrected chi connectivity index (χ3v) is 11.1. The number of imidazole rings is 2. The number of aliphatic hydroxyl groups is 1. The molecule has 70 heavy (non-hydrogen) atoms. The predicted molar refractivity (Wildman–Crippen MR) is 243 cm³/mol. The summed E-state index contributed by atoms with van der Waals surface area (Å²) in [5.41, 5.74) is 2.30. The molecule has 0 saturated heterocycles. The number of rotatable bonds is 10. The number of alkyl halides is 7. The number of halogens is 8. The van der Waals surface area contributed by atoms with E-state index in [1.54, 1.807) is 29.7 Å². The summed E-state index contributed by atoms with van der Waals surface area (Å²) in [5.74, 6) is -2.64. The van der Waals surface area contributed by atoms with E-state index in [2.05, 4.69) is 24.8 Å². The molecule has 18 nitrogen and oxygen atoms in total. The van der Waals surface area contributed by atoms with Crippen LogP contribution in [0.3, 0.4) is 0 Å². The zero-order chi connectivity index (χ0) is 49.3. The number of fused-ring (bicyclic) bond motifs is 3. The van der Waals surface area contributed by atoms with Crippen LogP contribution in [-0.2, 0) is 51.4 Å². The van der Waals surface area contributed by atoms with Crippen molar-refractivity contribution in [1.29, 1.82) is 0 Å². The maximum Gasteiger partial charge on any atom is 1.00 e. The maximum absolute atomic E-state index is 12.8. The average molecular weight is 1060 g/mol. The van der Waals surface area contributed by atoms with Crippen LogP contribution in [0.5, 0.6) is 6.01 Å². The minimum atomic E-state index is -4.56. The molecule has 0 saturated carbocycles. The fourth-order valence-electron chi connectivity index (χ4n) is 8.06. The van der Waals surface area contributed by atoms with Crippen molar-refractivity contribution in [2.75, 3.05) is 33.3 Å². The molecule has 0 spiro atoms.